The van der Waals surface area contributed by atoms with Gasteiger partial charge in [0.05, 0.1) is 0 Å². The van der Waals surface area contributed by atoms with E-state index in [9.17, 15) is 24.0 Å². The van der Waals surface area contributed by atoms with E-state index in [4.69, 9.17) is 33.2 Å². The second kappa shape index (κ2) is 41.8. The minimum atomic E-state index is -0.486. The first-order valence-electron chi connectivity index (χ1n) is 41.1. The number of rotatable bonds is 28. The molecule has 0 unspecified atom stereocenters. The van der Waals surface area contributed by atoms with Crippen LogP contribution in [0.1, 0.15) is 54.2 Å². The molecule has 0 saturated carbocycles. The number of likely N-dealkylation sites (N-methyl/N-ethyl adjacent to an activating group) is 1. The van der Waals surface area contributed by atoms with Gasteiger partial charge in [-0.3, -0.25) is 4.90 Å². The average molecular weight is 1640 g/mol. The third-order valence-electron chi connectivity index (χ3n) is 21.2. The summed E-state index contributed by atoms with van der Waals surface area (Å²) in [5.74, 6) is 0.253. The normalized spacial score (nSPS) is 10.8. The lowest BCUT2D eigenvalue weighted by molar-refractivity contribution is -0.140. The van der Waals surface area contributed by atoms with Crippen LogP contribution in [0.3, 0.4) is 0 Å². The van der Waals surface area contributed by atoms with Gasteiger partial charge < -0.3 is 33.2 Å². The Labute approximate surface area is 723 Å². The quantitative estimate of drug-likeness (QED) is 0.00870. The smallest absolute Gasteiger partial charge is 0.335 e. The minimum absolute atomic E-state index is 0.160. The zero-order valence-electron chi connectivity index (χ0n) is 70.3. The molecule has 0 amide bonds. The average Bonchev–Trinajstić information content (AvgIpc) is 0.743. The molecule has 0 heterocycles. The number of nitrogens with zero attached hydrogens (tertiary/aromatic N) is 1. The van der Waals surface area contributed by atoms with Gasteiger partial charge in [-0.1, -0.05) is 282 Å². The van der Waals surface area contributed by atoms with Gasteiger partial charge in [-0.25, -0.2) is 24.0 Å². The third-order valence-corrected chi connectivity index (χ3v) is 21.2. The predicted octanol–water partition coefficient (Wildman–Crippen LogP) is 24.9. The Bertz CT molecular complexity index is 6460. The van der Waals surface area contributed by atoms with Crippen LogP contribution in [0.2, 0.25) is 0 Å². The number of esters is 5. The molecule has 0 spiro atoms. The van der Waals surface area contributed by atoms with E-state index in [0.717, 1.165) is 75.9 Å². The molecular weight excluding hydrogens is 1540 g/mol. The van der Waals surface area contributed by atoms with Crippen LogP contribution in [-0.2, 0) is 64.0 Å². The van der Waals surface area contributed by atoms with Gasteiger partial charge in [0.1, 0.15) is 56.0 Å². The third kappa shape index (κ3) is 21.6. The Hall–Kier alpha value is -15.1. The first-order valence-corrected chi connectivity index (χ1v) is 41.1. The molecule has 0 atom stereocenters. The Morgan fingerprint density at radius 1 is 0.315 bits per heavy atom. The Balaban J connectivity index is 0.000000150. The predicted molar refractivity (Wildman–Crippen MR) is 505 cm³/mol. The molecular formula is C111H97NO12. The molecule has 0 radical (unpaired) electrons. The summed E-state index contributed by atoms with van der Waals surface area (Å²) in [5, 5.41) is 19.7. The van der Waals surface area contributed by atoms with Crippen LogP contribution < -0.4 is 18.9 Å². The topological polar surface area (TPSA) is 153 Å². The number of allylic oxidation sites excluding steroid dienone is 1. The molecule has 618 valence electrons. The molecule has 0 aliphatic carbocycles. The molecule has 0 fully saturated rings. The Morgan fingerprint density at radius 2 is 0.597 bits per heavy atom. The molecule has 0 aliphatic heterocycles. The number of hydrogen-bond acceptors (Lipinski definition) is 13. The maximum Gasteiger partial charge on any atom is 0.335 e. The van der Waals surface area contributed by atoms with E-state index in [0.29, 0.717) is 53.5 Å². The molecule has 0 saturated heterocycles. The number of carbonyl (C=O) groups excluding carboxylic acids is 5. The van der Waals surface area contributed by atoms with Crippen LogP contribution >= 0.6 is 0 Å². The van der Waals surface area contributed by atoms with Gasteiger partial charge >= 0.3 is 29.8 Å². The minimum Gasteiger partial charge on any atom is -0.490 e. The molecule has 0 aromatic heterocycles. The van der Waals surface area contributed by atoms with Crippen LogP contribution in [0, 0.1) is 0 Å². The SMILES string of the molecule is C=C(C)C(=O)OCCN(C)Cc1c2ccccc2cc2ccccc12.C=C(C)C(=O)OCCOc1ccc(Cc2c3ccccc3c(-c3ccc(OCCOC(=O)C(=C)C)cc3)c3ccccc23)cc1.C=CC(=O)Oc1ccc(Cc2c3ccccc3c(-c3ccc(OC(=O)C=C)cc3)c3ccccc23)cc1.C=CCc1c2ccccc2cc2ccccc12. The molecule has 124 heavy (non-hydrogen) atoms. The largest absolute Gasteiger partial charge is 0.490 e. The van der Waals surface area contributed by atoms with Gasteiger partial charge in [0.2, 0.25) is 0 Å². The summed E-state index contributed by atoms with van der Waals surface area (Å²) in [7, 11) is 2.05. The second-order valence-electron chi connectivity index (χ2n) is 30.1. The molecule has 16 aromatic carbocycles. The van der Waals surface area contributed by atoms with Crippen LogP contribution in [-0.4, -0.2) is 81.4 Å². The van der Waals surface area contributed by atoms with Crippen molar-refractivity contribution in [3.63, 3.8) is 0 Å². The Kier molecular flexibility index (Phi) is 29.2. The summed E-state index contributed by atoms with van der Waals surface area (Å²) < 4.78 is 37.5. The maximum absolute atomic E-state index is 11.6. The highest BCUT2D eigenvalue weighted by Crippen LogP contribution is 2.43. The van der Waals surface area contributed by atoms with Crippen LogP contribution in [0.4, 0.5) is 0 Å². The van der Waals surface area contributed by atoms with Crippen molar-refractivity contribution in [2.75, 3.05) is 46.6 Å². The Morgan fingerprint density at radius 3 is 0.919 bits per heavy atom. The standard InChI is InChI=1S/C39H36O6.C33H24O4.C22H23NO2.C17H14/c1-26(2)38(40)44-23-21-42-30-17-13-28(14-18-30)25-36-32-9-5-7-11-34(32)37(35-12-8-6-10-33(35)36)29-15-19-31(20-16-29)43-22-24-45-39(41)27(3)4;1-3-31(34)36-24-17-13-22(14-18-24)21-30-26-9-5-7-11-28(26)33(29-12-8-6-10-27(29)30)23-15-19-25(20-16-23)37-32(35)4-2;1-16(2)22(24)25-13-12-23(3)15-21-19-10-6-4-8-17(19)14-18-9-5-7-11-20(18)21;1-2-7-17-15-10-5-3-8-13(15)12-14-9-4-6-11-16(14)17/h5-20H,1,3,21-25H2,2,4H3;3-20H,1-2,21H2;4-11,14H,1,12-13,15H2,2-3H3;2-6,8-12H,1,7H2. The van der Waals surface area contributed by atoms with Crippen molar-refractivity contribution in [3.8, 4) is 45.3 Å². The zero-order valence-corrected chi connectivity index (χ0v) is 70.3. The van der Waals surface area contributed by atoms with E-state index in [1.165, 1.54) is 103 Å². The summed E-state index contributed by atoms with van der Waals surface area (Å²) in [6.45, 7) is 29.1. The molecule has 16 rings (SSSR count). The van der Waals surface area contributed by atoms with Crippen molar-refractivity contribution in [2.45, 2.75) is 46.6 Å². The van der Waals surface area contributed by atoms with E-state index in [-0.39, 0.29) is 32.4 Å². The molecule has 13 nitrogen and oxygen atoms in total. The van der Waals surface area contributed by atoms with Crippen LogP contribution in [0.15, 0.2) is 378 Å². The summed E-state index contributed by atoms with van der Waals surface area (Å²) in [6.07, 6.45) is 6.66. The van der Waals surface area contributed by atoms with E-state index in [1.807, 2.05) is 73.8 Å². The summed E-state index contributed by atoms with van der Waals surface area (Å²) in [4.78, 5) is 59.9. The second-order valence-corrected chi connectivity index (χ2v) is 30.1. The highest BCUT2D eigenvalue weighted by molar-refractivity contribution is 6.17. The highest BCUT2D eigenvalue weighted by Gasteiger charge is 2.20. The number of ether oxygens (including phenoxy) is 7. The van der Waals surface area contributed by atoms with Gasteiger partial charge in [0, 0.05) is 42.0 Å². The highest BCUT2D eigenvalue weighted by atomic mass is 16.6. The van der Waals surface area contributed by atoms with Crippen molar-refractivity contribution in [1.29, 1.82) is 0 Å². The number of benzene rings is 16. The lowest BCUT2D eigenvalue weighted by Crippen LogP contribution is -2.24. The number of carbonyl (C=O) groups is 5. The van der Waals surface area contributed by atoms with Crippen molar-refractivity contribution in [3.05, 3.63) is 411 Å². The van der Waals surface area contributed by atoms with E-state index in [2.05, 4.69) is 263 Å². The summed E-state index contributed by atoms with van der Waals surface area (Å²) >= 11 is 0. The van der Waals surface area contributed by atoms with Gasteiger partial charge in [-0.15, -0.1) is 6.58 Å². The lowest BCUT2D eigenvalue weighted by Gasteiger charge is -2.19. The van der Waals surface area contributed by atoms with Crippen molar-refractivity contribution < 1.29 is 57.1 Å². The fourth-order valence-electron chi connectivity index (χ4n) is 15.3. The molecule has 0 aliphatic rings. The van der Waals surface area contributed by atoms with Gasteiger partial charge in [0.15, 0.2) is 0 Å². The molecule has 16 aromatic rings. The summed E-state index contributed by atoms with van der Waals surface area (Å²) in [5.41, 5.74) is 13.0. The molecule has 13 heteroatoms. The van der Waals surface area contributed by atoms with E-state index >= 15 is 0 Å². The number of hydrogen-bond donors (Lipinski definition) is 0. The fourth-order valence-corrected chi connectivity index (χ4v) is 15.3. The maximum atomic E-state index is 11.6. The zero-order chi connectivity index (χ0) is 87.0. The van der Waals surface area contributed by atoms with Gasteiger partial charge in [-0.2, -0.15) is 0 Å². The van der Waals surface area contributed by atoms with Crippen molar-refractivity contribution in [1.82, 2.24) is 4.90 Å². The first kappa shape index (κ1) is 86.8. The summed E-state index contributed by atoms with van der Waals surface area (Å²) in [6, 6.07) is 104. The van der Waals surface area contributed by atoms with Crippen LogP contribution in [0.25, 0.3) is 108 Å². The molecule has 0 bridgehead atoms. The lowest BCUT2D eigenvalue weighted by atomic mass is 9.86. The van der Waals surface area contributed by atoms with Gasteiger partial charge in [0.25, 0.3) is 0 Å². The van der Waals surface area contributed by atoms with Crippen molar-refractivity contribution >= 4 is 116 Å². The van der Waals surface area contributed by atoms with Gasteiger partial charge in [-0.05, 0) is 250 Å². The van der Waals surface area contributed by atoms with Crippen molar-refractivity contribution in [2.24, 2.45) is 0 Å². The molecule has 0 N–H and O–H groups in total. The van der Waals surface area contributed by atoms with Crippen LogP contribution in [0.5, 0.6) is 23.0 Å². The fraction of sp³-hybridized carbons (Fsp3) is 0.126. The number of fused-ring (bicyclic) bond motifs is 8. The van der Waals surface area contributed by atoms with E-state index < -0.39 is 23.9 Å². The first-order chi connectivity index (χ1) is 60.3. The monoisotopic (exact) mass is 1640 g/mol. The van der Waals surface area contributed by atoms with E-state index in [1.54, 1.807) is 45.0 Å².